The Balaban J connectivity index is 2.42. The van der Waals surface area contributed by atoms with Crippen LogP contribution in [0.2, 0.25) is 0 Å². The number of nitrogens with one attached hydrogen (secondary N) is 1. The molecule has 0 spiro atoms. The van der Waals surface area contributed by atoms with Crippen molar-refractivity contribution in [3.63, 3.8) is 0 Å². The fraction of sp³-hybridized carbons (Fsp3) is 0.571. The van der Waals surface area contributed by atoms with Crippen LogP contribution in [0, 0.1) is 0 Å². The largest absolute Gasteiger partial charge is 0.313 e. The number of hydrogen-bond acceptors (Lipinski definition) is 2. The molecule has 0 aromatic heterocycles. The molecule has 96 valence electrons. The molecule has 0 amide bonds. The second-order valence-electron chi connectivity index (χ2n) is 4.18. The van der Waals surface area contributed by atoms with Gasteiger partial charge in [0.2, 0.25) is 0 Å². The number of thioether (sulfide) groups is 1. The van der Waals surface area contributed by atoms with E-state index in [0.29, 0.717) is 6.04 Å². The number of rotatable bonds is 8. The fourth-order valence-electron chi connectivity index (χ4n) is 1.69. The summed E-state index contributed by atoms with van der Waals surface area (Å²) in [5.41, 5.74) is 0. The molecular formula is C14H22BrNS. The Morgan fingerprint density at radius 2 is 2.00 bits per heavy atom. The lowest BCUT2D eigenvalue weighted by Crippen LogP contribution is -2.31. The van der Waals surface area contributed by atoms with Crippen molar-refractivity contribution in [3.8, 4) is 0 Å². The highest BCUT2D eigenvalue weighted by atomic mass is 79.9. The molecule has 0 saturated carbocycles. The number of halogens is 1. The maximum Gasteiger partial charge on any atom is 0.0311 e. The van der Waals surface area contributed by atoms with E-state index in [2.05, 4.69) is 59.4 Å². The highest BCUT2D eigenvalue weighted by Gasteiger charge is 2.08. The van der Waals surface area contributed by atoms with Crippen molar-refractivity contribution < 1.29 is 0 Å². The molecule has 1 aromatic carbocycles. The first-order valence-electron chi connectivity index (χ1n) is 6.38. The minimum Gasteiger partial charge on any atom is -0.313 e. The van der Waals surface area contributed by atoms with Crippen molar-refractivity contribution in [2.45, 2.75) is 44.0 Å². The van der Waals surface area contributed by atoms with E-state index in [1.54, 1.807) is 0 Å². The van der Waals surface area contributed by atoms with Gasteiger partial charge in [0.25, 0.3) is 0 Å². The van der Waals surface area contributed by atoms with Gasteiger partial charge in [0.05, 0.1) is 0 Å². The monoisotopic (exact) mass is 315 g/mol. The van der Waals surface area contributed by atoms with Gasteiger partial charge in [0.1, 0.15) is 0 Å². The molecule has 3 heteroatoms. The normalized spacial score (nSPS) is 12.6. The highest BCUT2D eigenvalue weighted by molar-refractivity contribution is 9.10. The van der Waals surface area contributed by atoms with Crippen molar-refractivity contribution in [2.24, 2.45) is 0 Å². The predicted molar refractivity (Wildman–Crippen MR) is 81.9 cm³/mol. The minimum atomic E-state index is 0.636. The molecule has 1 rings (SSSR count). The van der Waals surface area contributed by atoms with Gasteiger partial charge < -0.3 is 5.32 Å². The third kappa shape index (κ3) is 5.94. The molecule has 17 heavy (non-hydrogen) atoms. The second kappa shape index (κ2) is 9.01. The summed E-state index contributed by atoms with van der Waals surface area (Å²) in [4.78, 5) is 1.34. The third-order valence-electron chi connectivity index (χ3n) is 2.60. The first-order chi connectivity index (χ1) is 8.27. The molecule has 1 atom stereocenters. The molecular weight excluding hydrogens is 294 g/mol. The van der Waals surface area contributed by atoms with E-state index in [-0.39, 0.29) is 0 Å². The van der Waals surface area contributed by atoms with E-state index in [9.17, 15) is 0 Å². The summed E-state index contributed by atoms with van der Waals surface area (Å²) in [6.45, 7) is 5.60. The summed E-state index contributed by atoms with van der Waals surface area (Å²) in [5, 5.41) is 3.62. The fourth-order valence-corrected chi connectivity index (χ4v) is 3.37. The molecule has 0 heterocycles. The SMILES string of the molecule is CCCNC(CCC)CSc1ccccc1Br. The zero-order valence-corrected chi connectivity index (χ0v) is 13.1. The van der Waals surface area contributed by atoms with E-state index in [1.807, 2.05) is 11.8 Å². The Labute approximate surface area is 118 Å². The molecule has 0 fully saturated rings. The van der Waals surface area contributed by atoms with Crippen molar-refractivity contribution in [3.05, 3.63) is 28.7 Å². The van der Waals surface area contributed by atoms with Crippen molar-refractivity contribution in [1.82, 2.24) is 5.32 Å². The summed E-state index contributed by atoms with van der Waals surface area (Å²) in [7, 11) is 0. The van der Waals surface area contributed by atoms with Crippen LogP contribution >= 0.6 is 27.7 Å². The van der Waals surface area contributed by atoms with E-state index in [0.717, 1.165) is 12.3 Å². The predicted octanol–water partition coefficient (Wildman–Crippen LogP) is 4.71. The van der Waals surface area contributed by atoms with Crippen LogP contribution in [0.1, 0.15) is 33.1 Å². The maximum atomic E-state index is 3.62. The second-order valence-corrected chi connectivity index (χ2v) is 6.10. The van der Waals surface area contributed by atoms with Crippen molar-refractivity contribution >= 4 is 27.7 Å². The van der Waals surface area contributed by atoms with E-state index < -0.39 is 0 Å². The number of hydrogen-bond donors (Lipinski definition) is 1. The van der Waals surface area contributed by atoms with Crippen LogP contribution in [0.15, 0.2) is 33.6 Å². The van der Waals surface area contributed by atoms with Gasteiger partial charge >= 0.3 is 0 Å². The molecule has 0 aliphatic heterocycles. The standard InChI is InChI=1S/C14H22BrNS/c1-3-7-12(16-10-4-2)11-17-14-9-6-5-8-13(14)15/h5-6,8-9,12,16H,3-4,7,10-11H2,1-2H3. The Bertz CT molecular complexity index is 317. The molecule has 1 unspecified atom stereocenters. The van der Waals surface area contributed by atoms with Gasteiger partial charge in [0, 0.05) is 21.2 Å². The molecule has 0 radical (unpaired) electrons. The van der Waals surface area contributed by atoms with Gasteiger partial charge in [-0.15, -0.1) is 11.8 Å². The van der Waals surface area contributed by atoms with Gasteiger partial charge in [-0.2, -0.15) is 0 Å². The van der Waals surface area contributed by atoms with Crippen LogP contribution in [0.5, 0.6) is 0 Å². The first-order valence-corrected chi connectivity index (χ1v) is 8.16. The average molecular weight is 316 g/mol. The summed E-state index contributed by atoms with van der Waals surface area (Å²) in [5.74, 6) is 1.15. The topological polar surface area (TPSA) is 12.0 Å². The zero-order chi connectivity index (χ0) is 12.5. The van der Waals surface area contributed by atoms with Gasteiger partial charge in [-0.05, 0) is 47.4 Å². The molecule has 0 bridgehead atoms. The van der Waals surface area contributed by atoms with Gasteiger partial charge in [-0.25, -0.2) is 0 Å². The summed E-state index contributed by atoms with van der Waals surface area (Å²) in [6.07, 6.45) is 3.72. The Kier molecular flexibility index (Phi) is 7.99. The Morgan fingerprint density at radius 3 is 2.65 bits per heavy atom. The average Bonchev–Trinajstić information content (AvgIpc) is 2.34. The molecule has 1 nitrogen and oxygen atoms in total. The minimum absolute atomic E-state index is 0.636. The summed E-state index contributed by atoms with van der Waals surface area (Å²) >= 11 is 5.53. The molecule has 0 aliphatic carbocycles. The van der Waals surface area contributed by atoms with Crippen LogP contribution in [0.25, 0.3) is 0 Å². The third-order valence-corrected chi connectivity index (χ3v) is 4.79. The van der Waals surface area contributed by atoms with Crippen molar-refractivity contribution in [2.75, 3.05) is 12.3 Å². The summed E-state index contributed by atoms with van der Waals surface area (Å²) in [6, 6.07) is 9.08. The van der Waals surface area contributed by atoms with E-state index >= 15 is 0 Å². The highest BCUT2D eigenvalue weighted by Crippen LogP contribution is 2.27. The Hall–Kier alpha value is 0.01000. The lowest BCUT2D eigenvalue weighted by atomic mass is 10.2. The zero-order valence-electron chi connectivity index (χ0n) is 10.7. The van der Waals surface area contributed by atoms with E-state index in [4.69, 9.17) is 0 Å². The summed E-state index contributed by atoms with van der Waals surface area (Å²) < 4.78 is 1.20. The maximum absolute atomic E-state index is 3.62. The Morgan fingerprint density at radius 1 is 1.24 bits per heavy atom. The lowest BCUT2D eigenvalue weighted by Gasteiger charge is -2.17. The lowest BCUT2D eigenvalue weighted by molar-refractivity contribution is 0.514. The quantitative estimate of drug-likeness (QED) is 0.697. The van der Waals surface area contributed by atoms with Gasteiger partial charge in [-0.1, -0.05) is 32.4 Å². The molecule has 0 saturated heterocycles. The van der Waals surface area contributed by atoms with Crippen LogP contribution in [-0.2, 0) is 0 Å². The molecule has 0 aliphatic rings. The first kappa shape index (κ1) is 15.1. The van der Waals surface area contributed by atoms with Crippen LogP contribution in [-0.4, -0.2) is 18.3 Å². The van der Waals surface area contributed by atoms with Crippen molar-refractivity contribution in [1.29, 1.82) is 0 Å². The van der Waals surface area contributed by atoms with Gasteiger partial charge in [-0.3, -0.25) is 0 Å². The van der Waals surface area contributed by atoms with Crippen LogP contribution in [0.3, 0.4) is 0 Å². The van der Waals surface area contributed by atoms with Crippen LogP contribution < -0.4 is 5.32 Å². The van der Waals surface area contributed by atoms with Gasteiger partial charge in [0.15, 0.2) is 0 Å². The van der Waals surface area contributed by atoms with E-state index in [1.165, 1.54) is 28.6 Å². The van der Waals surface area contributed by atoms with Crippen LogP contribution in [0.4, 0.5) is 0 Å². The molecule has 1 N–H and O–H groups in total. The molecule has 1 aromatic rings. The smallest absolute Gasteiger partial charge is 0.0311 e. The number of benzene rings is 1.